The maximum Gasteiger partial charge on any atom is 0.416 e. The number of hydrogen-bond acceptors (Lipinski definition) is 6. The average Bonchev–Trinajstić information content (AvgIpc) is 3.75. The zero-order valence-electron chi connectivity index (χ0n) is 24.6. The Kier molecular flexibility index (Phi) is 10.3. The predicted octanol–water partition coefficient (Wildman–Crippen LogP) is 5.06. The Bertz CT molecular complexity index is 1280. The zero-order chi connectivity index (χ0) is 30.4. The third kappa shape index (κ3) is 7.13. The Labute approximate surface area is 253 Å². The molecule has 2 aromatic carbocycles. The molecule has 10 heteroatoms. The number of benzene rings is 2. The van der Waals surface area contributed by atoms with Crippen molar-refractivity contribution in [3.63, 3.8) is 0 Å². The summed E-state index contributed by atoms with van der Waals surface area (Å²) in [7, 11) is 1.25. The minimum atomic E-state index is -1.00. The Morgan fingerprint density at radius 2 is 1.83 bits per heavy atom. The smallest absolute Gasteiger partial charge is 0.416 e. The molecule has 226 valence electrons. The van der Waals surface area contributed by atoms with Crippen LogP contribution < -0.4 is 11.1 Å². The summed E-state index contributed by atoms with van der Waals surface area (Å²) in [6.45, 7) is 4.40. The van der Waals surface area contributed by atoms with Crippen molar-refractivity contribution in [3.05, 3.63) is 70.7 Å². The van der Waals surface area contributed by atoms with Crippen LogP contribution in [0.2, 0.25) is 5.02 Å². The van der Waals surface area contributed by atoms with E-state index in [0.717, 1.165) is 24.0 Å². The molecule has 1 heterocycles. The summed E-state index contributed by atoms with van der Waals surface area (Å²) < 4.78 is 5.04. The zero-order valence-corrected chi connectivity index (χ0v) is 25.4. The Morgan fingerprint density at radius 3 is 2.45 bits per heavy atom. The van der Waals surface area contributed by atoms with Crippen LogP contribution >= 0.6 is 11.6 Å². The first-order valence-corrected chi connectivity index (χ1v) is 15.1. The monoisotopic (exact) mass is 595 g/mol. The number of methoxy groups -OCH3 is 1. The number of rotatable bonds is 13. The van der Waals surface area contributed by atoms with Crippen molar-refractivity contribution in [1.82, 2.24) is 15.1 Å². The molecular formula is C32H42ClN5O4. The number of nitrogens with zero attached hydrogens (tertiary/aromatic N) is 2. The second kappa shape index (κ2) is 13.7. The van der Waals surface area contributed by atoms with Crippen LogP contribution in [-0.4, -0.2) is 59.4 Å². The third-order valence-corrected chi connectivity index (χ3v) is 8.47. The van der Waals surface area contributed by atoms with E-state index in [1.807, 2.05) is 42.5 Å². The summed E-state index contributed by atoms with van der Waals surface area (Å²) in [5, 5.41) is 12.4. The lowest BCUT2D eigenvalue weighted by molar-refractivity contribution is -0.134. The molecule has 2 unspecified atom stereocenters. The fraction of sp³-hybridized carbons (Fsp3) is 0.500. The van der Waals surface area contributed by atoms with Crippen LogP contribution in [0.15, 0.2) is 54.6 Å². The molecule has 0 aromatic heterocycles. The lowest BCUT2D eigenvalue weighted by Gasteiger charge is -2.32. The van der Waals surface area contributed by atoms with Crippen LogP contribution in [0.1, 0.15) is 63.5 Å². The molecular weight excluding hydrogens is 554 g/mol. The van der Waals surface area contributed by atoms with Gasteiger partial charge in [-0.05, 0) is 61.1 Å². The van der Waals surface area contributed by atoms with E-state index in [9.17, 15) is 14.4 Å². The molecule has 3 atom stereocenters. The van der Waals surface area contributed by atoms with E-state index < -0.39 is 29.6 Å². The molecule has 4 N–H and O–H groups in total. The highest BCUT2D eigenvalue weighted by molar-refractivity contribution is 6.31. The second-order valence-electron chi connectivity index (χ2n) is 11.9. The number of hydrogen-bond donors (Lipinski definition) is 3. The van der Waals surface area contributed by atoms with Gasteiger partial charge in [0, 0.05) is 17.6 Å². The summed E-state index contributed by atoms with van der Waals surface area (Å²) in [4.78, 5) is 43.1. The van der Waals surface area contributed by atoms with E-state index in [4.69, 9.17) is 27.5 Å². The molecule has 1 saturated heterocycles. The Hall–Kier alpha value is -3.43. The molecule has 0 spiro atoms. The second-order valence-corrected chi connectivity index (χ2v) is 12.3. The number of halogens is 1. The topological polar surface area (TPSA) is 129 Å². The maximum absolute atomic E-state index is 13.9. The normalized spacial score (nSPS) is 19.9. The number of nitrogens with two attached hydrogens (primary N) is 1. The number of ether oxygens (including phenoxy) is 1. The minimum absolute atomic E-state index is 0.0610. The lowest BCUT2D eigenvalue weighted by Crippen LogP contribution is -2.52. The molecule has 3 amide bonds. The van der Waals surface area contributed by atoms with Gasteiger partial charge in [0.15, 0.2) is 5.96 Å². The van der Waals surface area contributed by atoms with Crippen molar-refractivity contribution >= 4 is 35.5 Å². The summed E-state index contributed by atoms with van der Waals surface area (Å²) in [6.07, 6.45) is 3.66. The van der Waals surface area contributed by atoms with E-state index in [2.05, 4.69) is 19.2 Å². The first kappa shape index (κ1) is 31.5. The molecule has 42 heavy (non-hydrogen) atoms. The average molecular weight is 596 g/mol. The molecule has 0 radical (unpaired) electrons. The van der Waals surface area contributed by atoms with E-state index in [1.54, 1.807) is 12.1 Å². The first-order chi connectivity index (χ1) is 20.1. The van der Waals surface area contributed by atoms with Crippen molar-refractivity contribution in [1.29, 1.82) is 5.41 Å². The molecule has 4 rings (SSSR count). The Morgan fingerprint density at radius 1 is 1.17 bits per heavy atom. The van der Waals surface area contributed by atoms with E-state index in [0.29, 0.717) is 36.6 Å². The van der Waals surface area contributed by atoms with Gasteiger partial charge in [-0.25, -0.2) is 9.69 Å². The summed E-state index contributed by atoms with van der Waals surface area (Å²) >= 11 is 6.30. The number of imide groups is 1. The fourth-order valence-corrected chi connectivity index (χ4v) is 6.13. The van der Waals surface area contributed by atoms with Gasteiger partial charge in [0.25, 0.3) is 5.91 Å². The summed E-state index contributed by atoms with van der Waals surface area (Å²) in [6, 6.07) is 15.3. The molecule has 2 aliphatic rings. The summed E-state index contributed by atoms with van der Waals surface area (Å²) in [5.41, 5.74) is 6.90. The third-order valence-electron chi connectivity index (χ3n) is 8.10. The van der Waals surface area contributed by atoms with Gasteiger partial charge >= 0.3 is 6.09 Å². The van der Waals surface area contributed by atoms with Crippen molar-refractivity contribution < 1.29 is 19.1 Å². The van der Waals surface area contributed by atoms with Gasteiger partial charge in [-0.3, -0.25) is 19.9 Å². The number of carbonyl (C=O) groups is 3. The van der Waals surface area contributed by atoms with Crippen LogP contribution in [0, 0.1) is 17.2 Å². The molecule has 1 aliphatic heterocycles. The van der Waals surface area contributed by atoms with Crippen LogP contribution in [0.4, 0.5) is 4.79 Å². The molecule has 9 nitrogen and oxygen atoms in total. The van der Waals surface area contributed by atoms with Gasteiger partial charge in [-0.1, -0.05) is 86.8 Å². The van der Waals surface area contributed by atoms with Gasteiger partial charge in [-0.2, -0.15) is 0 Å². The van der Waals surface area contributed by atoms with Crippen LogP contribution in [0.3, 0.4) is 0 Å². The SMILES string of the molecule is COC(=O)N(C(=O)[C@@H](N)Cc1ccccc1Cl)C(CCCN1C(=N)NC(CC(C)C)(c2ccccc2)C1=O)CC1CC1. The highest BCUT2D eigenvalue weighted by atomic mass is 35.5. The van der Waals surface area contributed by atoms with E-state index in [-0.39, 0.29) is 30.8 Å². The maximum atomic E-state index is 13.9. The quantitative estimate of drug-likeness (QED) is 0.297. The number of amides is 3. The van der Waals surface area contributed by atoms with Crippen LogP contribution in [0.5, 0.6) is 0 Å². The predicted molar refractivity (Wildman–Crippen MR) is 163 cm³/mol. The fourth-order valence-electron chi connectivity index (χ4n) is 5.92. The van der Waals surface area contributed by atoms with Gasteiger partial charge in [0.05, 0.1) is 13.2 Å². The first-order valence-electron chi connectivity index (χ1n) is 14.7. The van der Waals surface area contributed by atoms with E-state index in [1.165, 1.54) is 16.9 Å². The van der Waals surface area contributed by atoms with Gasteiger partial charge < -0.3 is 15.8 Å². The largest absolute Gasteiger partial charge is 0.452 e. The molecule has 2 aromatic rings. The Balaban J connectivity index is 1.49. The van der Waals surface area contributed by atoms with Crippen molar-refractivity contribution in [2.75, 3.05) is 13.7 Å². The highest BCUT2D eigenvalue weighted by Crippen LogP contribution is 2.37. The van der Waals surface area contributed by atoms with Gasteiger partial charge in [0.2, 0.25) is 5.91 Å². The molecule has 1 aliphatic carbocycles. The standard InChI is InChI=1S/C32H42ClN5O4/c1-21(2)20-32(24-11-5-4-6-12-24)29(40)37(30(35)36-32)17-9-13-25(18-22-15-16-22)38(31(41)42-3)28(39)27(34)19-23-10-7-8-14-26(23)33/h4-8,10-12,14,21-22,25,27H,9,13,15-20,34H2,1-3H3,(H2,35,36)/t25?,27-,32?/m0/s1. The molecule has 1 saturated carbocycles. The van der Waals surface area contributed by atoms with Crippen molar-refractivity contribution in [2.24, 2.45) is 17.6 Å². The van der Waals surface area contributed by atoms with Gasteiger partial charge in [0.1, 0.15) is 5.54 Å². The van der Waals surface area contributed by atoms with Crippen LogP contribution in [-0.2, 0) is 26.3 Å². The number of carbonyl (C=O) groups excluding carboxylic acids is 3. The van der Waals surface area contributed by atoms with Crippen molar-refractivity contribution in [2.45, 2.75) is 76.4 Å². The van der Waals surface area contributed by atoms with Crippen molar-refractivity contribution in [3.8, 4) is 0 Å². The lowest BCUT2D eigenvalue weighted by atomic mass is 9.82. The highest BCUT2D eigenvalue weighted by Gasteiger charge is 2.50. The number of guanidine groups is 1. The van der Waals surface area contributed by atoms with Gasteiger partial charge in [-0.15, -0.1) is 0 Å². The number of nitrogens with one attached hydrogen (secondary N) is 2. The molecule has 0 bridgehead atoms. The molecule has 2 fully saturated rings. The summed E-state index contributed by atoms with van der Waals surface area (Å²) in [5.74, 6) is 0.0191. The van der Waals surface area contributed by atoms with Crippen LogP contribution in [0.25, 0.3) is 0 Å². The minimum Gasteiger partial charge on any atom is -0.452 e. The van der Waals surface area contributed by atoms with E-state index >= 15 is 0 Å².